The lowest BCUT2D eigenvalue weighted by molar-refractivity contribution is 0.195. The van der Waals surface area contributed by atoms with Gasteiger partial charge >= 0.3 is 0 Å². The first kappa shape index (κ1) is 14.8. The van der Waals surface area contributed by atoms with Gasteiger partial charge in [-0.15, -0.1) is 0 Å². The summed E-state index contributed by atoms with van der Waals surface area (Å²) >= 11 is 0. The highest BCUT2D eigenvalue weighted by atomic mass is 32.2. The number of ether oxygens (including phenoxy) is 1. The Balaban J connectivity index is 2.28. The highest BCUT2D eigenvalue weighted by Crippen LogP contribution is 2.30. The number of nitrogens with one attached hydrogen (secondary N) is 2. The Morgan fingerprint density at radius 1 is 1.29 bits per heavy atom. The molecule has 3 N–H and O–H groups in total. The van der Waals surface area contributed by atoms with Gasteiger partial charge < -0.3 is 9.84 Å². The van der Waals surface area contributed by atoms with Crippen molar-refractivity contribution in [2.75, 3.05) is 33.4 Å². The van der Waals surface area contributed by atoms with E-state index in [1.54, 1.807) is 0 Å². The van der Waals surface area contributed by atoms with Crippen LogP contribution in [0.25, 0.3) is 0 Å². The quantitative estimate of drug-likeness (QED) is 0.515. The van der Waals surface area contributed by atoms with Gasteiger partial charge in [-0.3, -0.25) is 0 Å². The summed E-state index contributed by atoms with van der Waals surface area (Å²) in [5, 5.41) is 9.13. The molecule has 2 atom stereocenters. The topological polar surface area (TPSA) is 87.7 Å². The van der Waals surface area contributed by atoms with E-state index in [-0.39, 0.29) is 25.0 Å². The third kappa shape index (κ3) is 5.31. The second kappa shape index (κ2) is 7.27. The predicted octanol–water partition coefficient (Wildman–Crippen LogP) is -0.535. The van der Waals surface area contributed by atoms with E-state index >= 15 is 0 Å². The van der Waals surface area contributed by atoms with Gasteiger partial charge in [-0.25, -0.2) is 4.72 Å². The van der Waals surface area contributed by atoms with Crippen LogP contribution < -0.4 is 9.44 Å². The van der Waals surface area contributed by atoms with Gasteiger partial charge in [0.2, 0.25) is 0 Å². The molecule has 102 valence electrons. The Kier molecular flexibility index (Phi) is 6.35. The summed E-state index contributed by atoms with van der Waals surface area (Å²) < 4.78 is 32.7. The van der Waals surface area contributed by atoms with Crippen molar-refractivity contribution in [1.29, 1.82) is 0 Å². The number of aliphatic hydroxyl groups excluding tert-OH is 1. The van der Waals surface area contributed by atoms with Crippen LogP contribution in [0.15, 0.2) is 0 Å². The van der Waals surface area contributed by atoms with E-state index in [1.165, 1.54) is 7.11 Å². The maximum absolute atomic E-state index is 11.5. The minimum atomic E-state index is -3.43. The van der Waals surface area contributed by atoms with Crippen LogP contribution in [-0.2, 0) is 14.9 Å². The second-order valence-corrected chi connectivity index (χ2v) is 5.96. The van der Waals surface area contributed by atoms with Crippen LogP contribution in [0.2, 0.25) is 0 Å². The summed E-state index contributed by atoms with van der Waals surface area (Å²) in [6.07, 6.45) is 3.03. The highest BCUT2D eigenvalue weighted by molar-refractivity contribution is 7.87. The first-order chi connectivity index (χ1) is 8.09. The van der Waals surface area contributed by atoms with Crippen LogP contribution in [0.1, 0.15) is 19.3 Å². The predicted molar refractivity (Wildman–Crippen MR) is 64.7 cm³/mol. The zero-order valence-corrected chi connectivity index (χ0v) is 11.0. The smallest absolute Gasteiger partial charge is 0.276 e. The van der Waals surface area contributed by atoms with E-state index in [1.807, 2.05) is 0 Å². The van der Waals surface area contributed by atoms with E-state index in [0.717, 1.165) is 19.3 Å². The molecular formula is C10H22N2O4S. The number of hydrogen-bond acceptors (Lipinski definition) is 4. The fourth-order valence-corrected chi connectivity index (χ4v) is 3.06. The van der Waals surface area contributed by atoms with Gasteiger partial charge in [-0.05, 0) is 24.7 Å². The van der Waals surface area contributed by atoms with Gasteiger partial charge in [-0.1, -0.05) is 6.42 Å². The van der Waals surface area contributed by atoms with Crippen LogP contribution in [0.5, 0.6) is 0 Å². The van der Waals surface area contributed by atoms with Crippen molar-refractivity contribution in [3.8, 4) is 0 Å². The SMILES string of the molecule is COCCNS(=O)(=O)NCC1CCCC1CO. The Bertz CT molecular complexity index is 307. The van der Waals surface area contributed by atoms with Crippen molar-refractivity contribution in [1.82, 2.24) is 9.44 Å². The molecule has 1 aliphatic rings. The zero-order chi connectivity index (χ0) is 12.7. The Hall–Kier alpha value is -0.210. The Morgan fingerprint density at radius 2 is 2.00 bits per heavy atom. The van der Waals surface area contributed by atoms with Crippen molar-refractivity contribution in [2.45, 2.75) is 19.3 Å². The molecule has 1 aliphatic carbocycles. The molecule has 1 fully saturated rings. The molecule has 0 aliphatic heterocycles. The van der Waals surface area contributed by atoms with Gasteiger partial charge in [-0.2, -0.15) is 13.1 Å². The van der Waals surface area contributed by atoms with Gasteiger partial charge in [0.15, 0.2) is 0 Å². The summed E-state index contributed by atoms with van der Waals surface area (Å²) in [5.41, 5.74) is 0. The Morgan fingerprint density at radius 3 is 2.65 bits per heavy atom. The molecule has 0 aromatic rings. The largest absolute Gasteiger partial charge is 0.396 e. The normalized spacial score (nSPS) is 25.3. The molecule has 1 saturated carbocycles. The summed E-state index contributed by atoms with van der Waals surface area (Å²) in [6.45, 7) is 1.15. The van der Waals surface area contributed by atoms with Crippen molar-refractivity contribution in [2.24, 2.45) is 11.8 Å². The molecule has 7 heteroatoms. The van der Waals surface area contributed by atoms with Crippen LogP contribution in [0.4, 0.5) is 0 Å². The van der Waals surface area contributed by atoms with Crippen LogP contribution in [-0.4, -0.2) is 46.9 Å². The molecule has 0 heterocycles. The molecule has 17 heavy (non-hydrogen) atoms. The number of rotatable bonds is 8. The van der Waals surface area contributed by atoms with Gasteiger partial charge in [0.25, 0.3) is 10.2 Å². The third-order valence-electron chi connectivity index (χ3n) is 3.18. The molecule has 0 aromatic heterocycles. The second-order valence-electron chi connectivity index (χ2n) is 4.37. The van der Waals surface area contributed by atoms with E-state index in [0.29, 0.717) is 13.2 Å². The van der Waals surface area contributed by atoms with E-state index in [9.17, 15) is 8.42 Å². The lowest BCUT2D eigenvalue weighted by Gasteiger charge is -2.17. The van der Waals surface area contributed by atoms with E-state index in [4.69, 9.17) is 9.84 Å². The minimum Gasteiger partial charge on any atom is -0.396 e. The molecule has 0 spiro atoms. The third-order valence-corrected chi connectivity index (χ3v) is 4.32. The first-order valence-corrected chi connectivity index (χ1v) is 7.41. The molecule has 1 rings (SSSR count). The van der Waals surface area contributed by atoms with Crippen LogP contribution >= 0.6 is 0 Å². The van der Waals surface area contributed by atoms with Crippen LogP contribution in [0, 0.1) is 11.8 Å². The number of methoxy groups -OCH3 is 1. The van der Waals surface area contributed by atoms with E-state index in [2.05, 4.69) is 9.44 Å². The fraction of sp³-hybridized carbons (Fsp3) is 1.00. The lowest BCUT2D eigenvalue weighted by Crippen LogP contribution is -2.41. The number of hydrogen-bond donors (Lipinski definition) is 3. The summed E-state index contributed by atoms with van der Waals surface area (Å²) in [6, 6.07) is 0. The average Bonchev–Trinajstić information content (AvgIpc) is 2.74. The lowest BCUT2D eigenvalue weighted by atomic mass is 9.97. The molecule has 0 radical (unpaired) electrons. The van der Waals surface area contributed by atoms with Crippen molar-refractivity contribution in [3.63, 3.8) is 0 Å². The van der Waals surface area contributed by atoms with Crippen LogP contribution in [0.3, 0.4) is 0 Å². The molecule has 0 amide bonds. The molecule has 6 nitrogen and oxygen atoms in total. The number of aliphatic hydroxyl groups is 1. The zero-order valence-electron chi connectivity index (χ0n) is 10.2. The van der Waals surface area contributed by atoms with Gasteiger partial charge in [0, 0.05) is 26.8 Å². The maximum Gasteiger partial charge on any atom is 0.276 e. The molecule has 0 saturated heterocycles. The maximum atomic E-state index is 11.5. The average molecular weight is 266 g/mol. The summed E-state index contributed by atoms with van der Waals surface area (Å²) in [7, 11) is -1.91. The monoisotopic (exact) mass is 266 g/mol. The standard InChI is InChI=1S/C10H22N2O4S/c1-16-6-5-11-17(14,15)12-7-9-3-2-4-10(9)8-13/h9-13H,2-8H2,1H3. The van der Waals surface area contributed by atoms with E-state index < -0.39 is 10.2 Å². The molecular weight excluding hydrogens is 244 g/mol. The van der Waals surface area contributed by atoms with Crippen molar-refractivity contribution < 1.29 is 18.3 Å². The Labute approximate surface area is 103 Å². The van der Waals surface area contributed by atoms with Gasteiger partial charge in [0.05, 0.1) is 6.61 Å². The summed E-state index contributed by atoms with van der Waals surface area (Å²) in [5.74, 6) is 0.482. The molecule has 2 unspecified atom stereocenters. The fourth-order valence-electron chi connectivity index (χ4n) is 2.17. The van der Waals surface area contributed by atoms with Gasteiger partial charge in [0.1, 0.15) is 0 Å². The van der Waals surface area contributed by atoms with Crippen molar-refractivity contribution >= 4 is 10.2 Å². The summed E-state index contributed by atoms with van der Waals surface area (Å²) in [4.78, 5) is 0. The minimum absolute atomic E-state index is 0.142. The highest BCUT2D eigenvalue weighted by Gasteiger charge is 2.27. The first-order valence-electron chi connectivity index (χ1n) is 5.93. The van der Waals surface area contributed by atoms with Crippen molar-refractivity contribution in [3.05, 3.63) is 0 Å². The molecule has 0 bridgehead atoms. The molecule has 0 aromatic carbocycles.